The average Bonchev–Trinajstić information content (AvgIpc) is 2.53. The van der Waals surface area contributed by atoms with Crippen LogP contribution in [0.4, 0.5) is 5.69 Å². The predicted octanol–water partition coefficient (Wildman–Crippen LogP) is 2.55. The molecule has 1 atom stereocenters. The van der Waals surface area contributed by atoms with Crippen LogP contribution in [0.15, 0.2) is 42.6 Å². The monoisotopic (exact) mass is 285 g/mol. The summed E-state index contributed by atoms with van der Waals surface area (Å²) in [5.74, 6) is 0.518. The van der Waals surface area contributed by atoms with Crippen LogP contribution in [0, 0.1) is 0 Å². The van der Waals surface area contributed by atoms with Crippen LogP contribution < -0.4 is 15.8 Å². The lowest BCUT2D eigenvalue weighted by atomic mass is 10.0. The molecular weight excluding hydrogens is 266 g/mol. The zero-order chi connectivity index (χ0) is 15.2. The third kappa shape index (κ3) is 3.51. The summed E-state index contributed by atoms with van der Waals surface area (Å²) in [7, 11) is 1.62. The third-order valence-electron chi connectivity index (χ3n) is 3.29. The van der Waals surface area contributed by atoms with Crippen LogP contribution in [0.25, 0.3) is 0 Å². The Balaban J connectivity index is 2.15. The summed E-state index contributed by atoms with van der Waals surface area (Å²) >= 11 is 0. The van der Waals surface area contributed by atoms with Crippen molar-refractivity contribution in [1.29, 1.82) is 0 Å². The molecule has 21 heavy (non-hydrogen) atoms. The molecule has 3 N–H and O–H groups in total. The number of carbonyl (C=O) groups is 1. The Morgan fingerprint density at radius 3 is 2.62 bits per heavy atom. The second kappa shape index (κ2) is 6.74. The van der Waals surface area contributed by atoms with E-state index >= 15 is 0 Å². The van der Waals surface area contributed by atoms with Gasteiger partial charge in [0.05, 0.1) is 18.8 Å². The molecular formula is C16H19N3O2. The average molecular weight is 285 g/mol. The van der Waals surface area contributed by atoms with Crippen molar-refractivity contribution in [2.45, 2.75) is 19.4 Å². The summed E-state index contributed by atoms with van der Waals surface area (Å²) in [6.07, 6.45) is 2.32. The van der Waals surface area contributed by atoms with Crippen molar-refractivity contribution in [3.05, 3.63) is 53.9 Å². The van der Waals surface area contributed by atoms with Gasteiger partial charge in [-0.3, -0.25) is 4.79 Å². The minimum absolute atomic E-state index is 0.0928. The van der Waals surface area contributed by atoms with Crippen molar-refractivity contribution in [2.24, 2.45) is 0 Å². The van der Waals surface area contributed by atoms with E-state index in [1.807, 2.05) is 31.2 Å². The summed E-state index contributed by atoms with van der Waals surface area (Å²) in [5.41, 5.74) is 7.42. The number of ether oxygens (including phenoxy) is 1. The van der Waals surface area contributed by atoms with Gasteiger partial charge < -0.3 is 15.8 Å². The van der Waals surface area contributed by atoms with Crippen molar-refractivity contribution < 1.29 is 9.53 Å². The van der Waals surface area contributed by atoms with E-state index in [4.69, 9.17) is 10.5 Å². The molecule has 1 unspecified atom stereocenters. The van der Waals surface area contributed by atoms with Gasteiger partial charge in [0.2, 0.25) is 0 Å². The van der Waals surface area contributed by atoms with E-state index < -0.39 is 0 Å². The number of nitrogens with one attached hydrogen (secondary N) is 1. The number of methoxy groups -OCH3 is 1. The van der Waals surface area contributed by atoms with E-state index in [2.05, 4.69) is 10.3 Å². The maximum absolute atomic E-state index is 12.3. The lowest BCUT2D eigenvalue weighted by Gasteiger charge is -2.18. The highest BCUT2D eigenvalue weighted by Crippen LogP contribution is 2.21. The number of nitrogen functional groups attached to an aromatic ring is 1. The molecule has 1 aromatic carbocycles. The maximum Gasteiger partial charge on any atom is 0.272 e. The number of nitrogens with two attached hydrogens (primary N) is 1. The summed E-state index contributed by atoms with van der Waals surface area (Å²) in [5, 5.41) is 2.96. The molecule has 0 spiro atoms. The molecule has 1 amide bonds. The van der Waals surface area contributed by atoms with Gasteiger partial charge in [-0.25, -0.2) is 4.98 Å². The van der Waals surface area contributed by atoms with E-state index in [1.54, 1.807) is 25.4 Å². The van der Waals surface area contributed by atoms with Crippen molar-refractivity contribution >= 4 is 11.6 Å². The van der Waals surface area contributed by atoms with Gasteiger partial charge >= 0.3 is 0 Å². The number of anilines is 1. The smallest absolute Gasteiger partial charge is 0.272 e. The molecule has 110 valence electrons. The van der Waals surface area contributed by atoms with Crippen LogP contribution in [0.1, 0.15) is 35.4 Å². The van der Waals surface area contributed by atoms with Crippen LogP contribution in [-0.4, -0.2) is 18.0 Å². The summed E-state index contributed by atoms with van der Waals surface area (Å²) in [6, 6.07) is 10.9. The SMILES string of the molecule is CCC(NC(=O)c1ncccc1N)c1ccc(OC)cc1. The molecule has 2 rings (SSSR count). The lowest BCUT2D eigenvalue weighted by molar-refractivity contribution is 0.0931. The predicted molar refractivity (Wildman–Crippen MR) is 82.1 cm³/mol. The van der Waals surface area contributed by atoms with Crippen LogP contribution in [0.2, 0.25) is 0 Å². The Bertz CT molecular complexity index is 611. The fraction of sp³-hybridized carbons (Fsp3) is 0.250. The first kappa shape index (κ1) is 14.8. The van der Waals surface area contributed by atoms with Crippen molar-refractivity contribution in [3.8, 4) is 5.75 Å². The van der Waals surface area contributed by atoms with E-state index in [0.717, 1.165) is 17.7 Å². The van der Waals surface area contributed by atoms with Crippen LogP contribution in [-0.2, 0) is 0 Å². The first-order chi connectivity index (χ1) is 10.2. The number of benzene rings is 1. The number of amides is 1. The van der Waals surface area contributed by atoms with Gasteiger partial charge in [-0.15, -0.1) is 0 Å². The van der Waals surface area contributed by atoms with Gasteiger partial charge in [-0.05, 0) is 36.2 Å². The molecule has 0 fully saturated rings. The number of pyridine rings is 1. The summed E-state index contributed by atoms with van der Waals surface area (Å²) < 4.78 is 5.13. The molecule has 0 bridgehead atoms. The first-order valence-electron chi connectivity index (χ1n) is 6.81. The Morgan fingerprint density at radius 2 is 2.05 bits per heavy atom. The highest BCUT2D eigenvalue weighted by atomic mass is 16.5. The normalized spacial score (nSPS) is 11.7. The zero-order valence-electron chi connectivity index (χ0n) is 12.2. The van der Waals surface area contributed by atoms with Gasteiger partial charge in [0, 0.05) is 6.20 Å². The number of hydrogen-bond donors (Lipinski definition) is 2. The number of rotatable bonds is 5. The Kier molecular flexibility index (Phi) is 4.77. The molecule has 0 saturated heterocycles. The second-order valence-corrected chi connectivity index (χ2v) is 4.65. The number of carbonyl (C=O) groups excluding carboxylic acids is 1. The fourth-order valence-corrected chi connectivity index (χ4v) is 2.09. The second-order valence-electron chi connectivity index (χ2n) is 4.65. The fourth-order valence-electron chi connectivity index (χ4n) is 2.09. The molecule has 0 radical (unpaired) electrons. The van der Waals surface area contributed by atoms with E-state index in [1.165, 1.54) is 0 Å². The van der Waals surface area contributed by atoms with Crippen molar-refractivity contribution in [2.75, 3.05) is 12.8 Å². The van der Waals surface area contributed by atoms with Crippen LogP contribution in [0.5, 0.6) is 5.75 Å². The molecule has 2 aromatic rings. The zero-order valence-corrected chi connectivity index (χ0v) is 12.2. The van der Waals surface area contributed by atoms with Crippen LogP contribution >= 0.6 is 0 Å². The highest BCUT2D eigenvalue weighted by molar-refractivity contribution is 5.97. The minimum Gasteiger partial charge on any atom is -0.497 e. The topological polar surface area (TPSA) is 77.2 Å². The Hall–Kier alpha value is -2.56. The lowest BCUT2D eigenvalue weighted by Crippen LogP contribution is -2.29. The third-order valence-corrected chi connectivity index (χ3v) is 3.29. The molecule has 0 aliphatic rings. The highest BCUT2D eigenvalue weighted by Gasteiger charge is 2.16. The molecule has 1 aromatic heterocycles. The summed E-state index contributed by atoms with van der Waals surface area (Å²) in [4.78, 5) is 16.3. The minimum atomic E-state index is -0.268. The Morgan fingerprint density at radius 1 is 1.33 bits per heavy atom. The largest absolute Gasteiger partial charge is 0.497 e. The van der Waals surface area contributed by atoms with Crippen molar-refractivity contribution in [1.82, 2.24) is 10.3 Å². The van der Waals surface area contributed by atoms with E-state index in [-0.39, 0.29) is 17.6 Å². The van der Waals surface area contributed by atoms with E-state index in [0.29, 0.717) is 5.69 Å². The first-order valence-corrected chi connectivity index (χ1v) is 6.81. The van der Waals surface area contributed by atoms with Crippen LogP contribution in [0.3, 0.4) is 0 Å². The van der Waals surface area contributed by atoms with Gasteiger partial charge in [-0.2, -0.15) is 0 Å². The standard InChI is InChI=1S/C16H19N3O2/c1-3-14(11-6-8-12(21-2)9-7-11)19-16(20)15-13(17)5-4-10-18-15/h4-10,14H,3,17H2,1-2H3,(H,19,20). The Labute approximate surface area is 124 Å². The van der Waals surface area contributed by atoms with Gasteiger partial charge in [0.15, 0.2) is 5.69 Å². The molecule has 5 nitrogen and oxygen atoms in total. The molecule has 0 saturated carbocycles. The maximum atomic E-state index is 12.3. The molecule has 0 aliphatic carbocycles. The summed E-state index contributed by atoms with van der Waals surface area (Å²) in [6.45, 7) is 2.01. The van der Waals surface area contributed by atoms with Gasteiger partial charge in [0.25, 0.3) is 5.91 Å². The number of nitrogens with zero attached hydrogens (tertiary/aromatic N) is 1. The van der Waals surface area contributed by atoms with E-state index in [9.17, 15) is 4.79 Å². The van der Waals surface area contributed by atoms with Crippen molar-refractivity contribution in [3.63, 3.8) is 0 Å². The quantitative estimate of drug-likeness (QED) is 0.885. The van der Waals surface area contributed by atoms with Gasteiger partial charge in [-0.1, -0.05) is 19.1 Å². The van der Waals surface area contributed by atoms with Gasteiger partial charge in [0.1, 0.15) is 5.75 Å². The number of hydrogen-bond acceptors (Lipinski definition) is 4. The number of aromatic nitrogens is 1. The molecule has 5 heteroatoms. The molecule has 1 heterocycles. The molecule has 0 aliphatic heterocycles.